The highest BCUT2D eigenvalue weighted by atomic mass is 79.9. The molecular weight excluding hydrogens is 526 g/mol. The van der Waals surface area contributed by atoms with Crippen LogP contribution in [0.15, 0.2) is 39.7 Å². The van der Waals surface area contributed by atoms with Gasteiger partial charge in [0.15, 0.2) is 18.1 Å². The van der Waals surface area contributed by atoms with Crippen LogP contribution >= 0.6 is 27.7 Å². The SMILES string of the molecule is COC(=O)COc1cc(Br)c(/C=C2\SC(=O)N(CCOc3cc(C)ccc3C)C2=O)cc1OC. The van der Waals surface area contributed by atoms with Crippen LogP contribution in [0.4, 0.5) is 4.79 Å². The summed E-state index contributed by atoms with van der Waals surface area (Å²) in [5.41, 5.74) is 2.66. The van der Waals surface area contributed by atoms with Crippen molar-refractivity contribution in [3.05, 3.63) is 56.4 Å². The summed E-state index contributed by atoms with van der Waals surface area (Å²) in [5.74, 6) is 0.495. The van der Waals surface area contributed by atoms with E-state index in [2.05, 4.69) is 20.7 Å². The van der Waals surface area contributed by atoms with Gasteiger partial charge in [-0.3, -0.25) is 14.5 Å². The lowest BCUT2D eigenvalue weighted by Gasteiger charge is -2.15. The highest BCUT2D eigenvalue weighted by molar-refractivity contribution is 9.10. The molecule has 34 heavy (non-hydrogen) atoms. The molecule has 0 aromatic heterocycles. The summed E-state index contributed by atoms with van der Waals surface area (Å²) in [6.45, 7) is 3.97. The Morgan fingerprint density at radius 1 is 1.06 bits per heavy atom. The smallest absolute Gasteiger partial charge is 0.343 e. The number of thioether (sulfide) groups is 1. The molecule has 2 aromatic rings. The average molecular weight is 550 g/mol. The number of hydrogen-bond acceptors (Lipinski definition) is 8. The lowest BCUT2D eigenvalue weighted by atomic mass is 10.1. The minimum absolute atomic E-state index is 0.139. The number of halogens is 1. The Morgan fingerprint density at radius 2 is 1.82 bits per heavy atom. The summed E-state index contributed by atoms with van der Waals surface area (Å²) in [6.07, 6.45) is 1.60. The number of benzene rings is 2. The van der Waals surface area contributed by atoms with Crippen molar-refractivity contribution in [2.45, 2.75) is 13.8 Å². The summed E-state index contributed by atoms with van der Waals surface area (Å²) in [7, 11) is 2.73. The van der Waals surface area contributed by atoms with E-state index in [0.717, 1.165) is 28.6 Å². The first-order chi connectivity index (χ1) is 16.2. The zero-order valence-corrected chi connectivity index (χ0v) is 21.6. The number of rotatable bonds is 9. The topological polar surface area (TPSA) is 91.4 Å². The van der Waals surface area contributed by atoms with E-state index in [1.807, 2.05) is 32.0 Å². The Kier molecular flexibility index (Phi) is 8.62. The molecule has 180 valence electrons. The molecule has 0 aliphatic carbocycles. The highest BCUT2D eigenvalue weighted by Crippen LogP contribution is 2.38. The first-order valence-corrected chi connectivity index (χ1v) is 11.9. The molecule has 0 radical (unpaired) electrons. The Labute approximate surface area is 210 Å². The summed E-state index contributed by atoms with van der Waals surface area (Å²) >= 11 is 4.30. The first-order valence-electron chi connectivity index (χ1n) is 10.3. The van der Waals surface area contributed by atoms with Crippen molar-refractivity contribution in [3.63, 3.8) is 0 Å². The van der Waals surface area contributed by atoms with Crippen LogP contribution in [0.25, 0.3) is 6.08 Å². The van der Waals surface area contributed by atoms with Crippen molar-refractivity contribution in [3.8, 4) is 17.2 Å². The second-order valence-electron chi connectivity index (χ2n) is 7.34. The maximum Gasteiger partial charge on any atom is 0.343 e. The van der Waals surface area contributed by atoms with Crippen LogP contribution in [0.2, 0.25) is 0 Å². The minimum atomic E-state index is -0.530. The molecule has 2 amide bonds. The zero-order valence-electron chi connectivity index (χ0n) is 19.2. The first kappa shape index (κ1) is 25.6. The van der Waals surface area contributed by atoms with Gasteiger partial charge in [-0.05, 0) is 66.6 Å². The second-order valence-corrected chi connectivity index (χ2v) is 9.19. The van der Waals surface area contributed by atoms with Crippen LogP contribution in [0.1, 0.15) is 16.7 Å². The molecule has 0 spiro atoms. The molecule has 1 aliphatic rings. The number of carbonyl (C=O) groups is 3. The van der Waals surface area contributed by atoms with E-state index in [1.165, 1.54) is 19.1 Å². The zero-order chi connectivity index (χ0) is 24.8. The van der Waals surface area contributed by atoms with E-state index in [4.69, 9.17) is 14.2 Å². The molecule has 8 nitrogen and oxygen atoms in total. The number of hydrogen-bond donors (Lipinski definition) is 0. The predicted octanol–water partition coefficient (Wildman–Crippen LogP) is 4.74. The number of aryl methyl sites for hydroxylation is 2. The summed E-state index contributed by atoms with van der Waals surface area (Å²) in [4.78, 5) is 38.1. The molecule has 0 N–H and O–H groups in total. The van der Waals surface area contributed by atoms with Crippen LogP contribution < -0.4 is 14.2 Å². The molecule has 2 aromatic carbocycles. The van der Waals surface area contributed by atoms with Gasteiger partial charge >= 0.3 is 5.97 Å². The highest BCUT2D eigenvalue weighted by Gasteiger charge is 2.35. The van der Waals surface area contributed by atoms with Gasteiger partial charge < -0.3 is 18.9 Å². The van der Waals surface area contributed by atoms with Crippen LogP contribution in [0, 0.1) is 13.8 Å². The monoisotopic (exact) mass is 549 g/mol. The predicted molar refractivity (Wildman–Crippen MR) is 132 cm³/mol. The van der Waals surface area contributed by atoms with Gasteiger partial charge in [-0.2, -0.15) is 0 Å². The van der Waals surface area contributed by atoms with Crippen LogP contribution in [-0.4, -0.2) is 56.0 Å². The third kappa shape index (κ3) is 6.12. The van der Waals surface area contributed by atoms with E-state index in [1.54, 1.807) is 18.2 Å². The van der Waals surface area contributed by atoms with Gasteiger partial charge in [0.2, 0.25) is 0 Å². The fourth-order valence-corrected chi connectivity index (χ4v) is 4.37. The van der Waals surface area contributed by atoms with Gasteiger partial charge in [-0.1, -0.05) is 28.1 Å². The largest absolute Gasteiger partial charge is 0.493 e. The number of carbonyl (C=O) groups excluding carboxylic acids is 3. The molecule has 0 unspecified atom stereocenters. The van der Waals surface area contributed by atoms with Crippen molar-refractivity contribution in [1.82, 2.24) is 4.90 Å². The number of nitrogens with zero attached hydrogens (tertiary/aromatic N) is 1. The quantitative estimate of drug-likeness (QED) is 0.327. The lowest BCUT2D eigenvalue weighted by Crippen LogP contribution is -2.32. The Hall–Kier alpha value is -2.98. The molecule has 1 fully saturated rings. The Morgan fingerprint density at radius 3 is 2.53 bits per heavy atom. The Balaban J connectivity index is 1.71. The number of ether oxygens (including phenoxy) is 4. The van der Waals surface area contributed by atoms with Gasteiger partial charge in [0.25, 0.3) is 11.1 Å². The molecule has 0 saturated carbocycles. The average Bonchev–Trinajstić information content (AvgIpc) is 3.08. The number of methoxy groups -OCH3 is 2. The van der Waals surface area contributed by atoms with Crippen LogP contribution in [0.3, 0.4) is 0 Å². The molecule has 0 bridgehead atoms. The molecule has 1 aliphatic heterocycles. The molecule has 3 rings (SSSR count). The maximum atomic E-state index is 12.9. The van der Waals surface area contributed by atoms with E-state index in [0.29, 0.717) is 21.5 Å². The van der Waals surface area contributed by atoms with Crippen molar-refractivity contribution in [2.24, 2.45) is 0 Å². The fourth-order valence-electron chi connectivity index (χ4n) is 3.07. The standard InChI is InChI=1S/C24H24BrNO7S/c1-14-5-6-15(2)18(9-14)32-8-7-26-23(28)21(34-24(26)29)11-16-10-19(30-3)20(12-17(16)25)33-13-22(27)31-4/h5-6,9-12H,7-8,13H2,1-4H3/b21-11-. The van der Waals surface area contributed by atoms with Crippen LogP contribution in [0.5, 0.6) is 17.2 Å². The molecule has 1 saturated heterocycles. The van der Waals surface area contributed by atoms with Crippen LogP contribution in [-0.2, 0) is 14.3 Å². The van der Waals surface area contributed by atoms with E-state index >= 15 is 0 Å². The van der Waals surface area contributed by atoms with Gasteiger partial charge in [-0.25, -0.2) is 4.79 Å². The van der Waals surface area contributed by atoms with Gasteiger partial charge in [0, 0.05) is 4.47 Å². The minimum Gasteiger partial charge on any atom is -0.493 e. The van der Waals surface area contributed by atoms with E-state index in [-0.39, 0.29) is 29.9 Å². The van der Waals surface area contributed by atoms with E-state index < -0.39 is 11.9 Å². The van der Waals surface area contributed by atoms with Crippen molar-refractivity contribution < 1.29 is 33.3 Å². The van der Waals surface area contributed by atoms with Crippen molar-refractivity contribution >= 4 is 50.9 Å². The third-order valence-corrected chi connectivity index (χ3v) is 6.53. The van der Waals surface area contributed by atoms with Gasteiger partial charge in [0.05, 0.1) is 25.7 Å². The molecule has 0 atom stereocenters. The molecule has 1 heterocycles. The van der Waals surface area contributed by atoms with Gasteiger partial charge in [-0.15, -0.1) is 0 Å². The number of esters is 1. The van der Waals surface area contributed by atoms with Crippen molar-refractivity contribution in [1.29, 1.82) is 0 Å². The lowest BCUT2D eigenvalue weighted by molar-refractivity contribution is -0.142. The fraction of sp³-hybridized carbons (Fsp3) is 0.292. The third-order valence-electron chi connectivity index (χ3n) is 4.93. The summed E-state index contributed by atoms with van der Waals surface area (Å²) in [5, 5.41) is -0.359. The normalized spacial score (nSPS) is 14.5. The maximum absolute atomic E-state index is 12.9. The summed E-state index contributed by atoms with van der Waals surface area (Å²) < 4.78 is 21.7. The molecular formula is C24H24BrNO7S. The number of amides is 2. The van der Waals surface area contributed by atoms with Gasteiger partial charge in [0.1, 0.15) is 12.4 Å². The Bertz CT molecular complexity index is 1150. The second kappa shape index (κ2) is 11.4. The molecule has 10 heteroatoms. The van der Waals surface area contributed by atoms with Crippen molar-refractivity contribution in [2.75, 3.05) is 34.0 Å². The summed E-state index contributed by atoms with van der Waals surface area (Å²) in [6, 6.07) is 9.15. The van der Waals surface area contributed by atoms with E-state index in [9.17, 15) is 14.4 Å². The number of imide groups is 1.